The summed E-state index contributed by atoms with van der Waals surface area (Å²) < 4.78 is 2.11. The molecule has 0 unspecified atom stereocenters. The number of rotatable bonds is 3. The summed E-state index contributed by atoms with van der Waals surface area (Å²) in [5.74, 6) is 1.05. The predicted molar refractivity (Wildman–Crippen MR) is 90.8 cm³/mol. The second kappa shape index (κ2) is 6.41. The maximum atomic E-state index is 4.65. The van der Waals surface area contributed by atoms with Gasteiger partial charge in [0, 0.05) is 26.2 Å². The lowest BCUT2D eigenvalue weighted by Gasteiger charge is -2.34. The number of piperidine rings is 1. The number of anilines is 1. The summed E-state index contributed by atoms with van der Waals surface area (Å²) in [6.07, 6.45) is 5.89. The predicted octanol–water partition coefficient (Wildman–Crippen LogP) is 0.893. The third kappa shape index (κ3) is 2.79. The van der Waals surface area contributed by atoms with E-state index in [-0.39, 0.29) is 0 Å². The molecule has 23 heavy (non-hydrogen) atoms. The van der Waals surface area contributed by atoms with E-state index in [1.165, 1.54) is 0 Å². The van der Waals surface area contributed by atoms with Crippen LogP contribution in [0.25, 0.3) is 11.0 Å². The lowest BCUT2D eigenvalue weighted by atomic mass is 10.1. The molecule has 2 aliphatic heterocycles. The second-order valence-electron chi connectivity index (χ2n) is 6.43. The molecule has 0 bridgehead atoms. The highest BCUT2D eigenvalue weighted by molar-refractivity contribution is 5.86. The van der Waals surface area contributed by atoms with Gasteiger partial charge in [-0.05, 0) is 32.5 Å². The quantitative estimate of drug-likeness (QED) is 0.908. The number of nitrogens with zero attached hydrogens (tertiary/aromatic N) is 6. The van der Waals surface area contributed by atoms with Crippen molar-refractivity contribution in [1.82, 2.24) is 30.0 Å². The van der Waals surface area contributed by atoms with Gasteiger partial charge < -0.3 is 15.1 Å². The summed E-state index contributed by atoms with van der Waals surface area (Å²) in [6.45, 7) is 9.72. The lowest BCUT2D eigenvalue weighted by Crippen LogP contribution is -2.46. The summed E-state index contributed by atoms with van der Waals surface area (Å²) in [5.41, 5.74) is 0.986. The third-order valence-corrected chi connectivity index (χ3v) is 5.14. The van der Waals surface area contributed by atoms with Crippen LogP contribution in [0.4, 0.5) is 5.82 Å². The molecule has 1 N–H and O–H groups in total. The van der Waals surface area contributed by atoms with E-state index in [0.29, 0.717) is 6.04 Å². The highest BCUT2D eigenvalue weighted by Gasteiger charge is 2.23. The van der Waals surface area contributed by atoms with Crippen LogP contribution in [0.15, 0.2) is 12.5 Å². The maximum absolute atomic E-state index is 4.65. The van der Waals surface area contributed by atoms with Gasteiger partial charge in [-0.3, -0.25) is 0 Å². The van der Waals surface area contributed by atoms with Crippen LogP contribution >= 0.6 is 0 Å². The van der Waals surface area contributed by atoms with Gasteiger partial charge in [0.15, 0.2) is 5.65 Å². The molecule has 2 aromatic heterocycles. The number of nitrogens with one attached hydrogen (secondary N) is 1. The Morgan fingerprint density at radius 2 is 1.91 bits per heavy atom. The Kier molecular flexibility index (Phi) is 4.13. The smallest absolute Gasteiger partial charge is 0.163 e. The minimum Gasteiger partial charge on any atom is -0.353 e. The van der Waals surface area contributed by atoms with Gasteiger partial charge in [-0.1, -0.05) is 6.92 Å². The lowest BCUT2D eigenvalue weighted by molar-refractivity contribution is 0.271. The fourth-order valence-electron chi connectivity index (χ4n) is 3.70. The van der Waals surface area contributed by atoms with Crippen molar-refractivity contribution >= 4 is 16.9 Å². The molecular weight excluding hydrogens is 290 g/mol. The molecule has 2 aromatic rings. The molecule has 0 saturated carbocycles. The molecule has 124 valence electrons. The van der Waals surface area contributed by atoms with Crippen LogP contribution in [0, 0.1) is 0 Å². The van der Waals surface area contributed by atoms with E-state index in [9.17, 15) is 0 Å². The maximum Gasteiger partial charge on any atom is 0.163 e. The topological polar surface area (TPSA) is 62.1 Å². The van der Waals surface area contributed by atoms with Crippen molar-refractivity contribution in [3.63, 3.8) is 0 Å². The van der Waals surface area contributed by atoms with Gasteiger partial charge in [0.2, 0.25) is 0 Å². The molecule has 4 heterocycles. The van der Waals surface area contributed by atoms with Gasteiger partial charge in [0.25, 0.3) is 0 Å². The molecule has 7 nitrogen and oxygen atoms in total. The number of hydrogen-bond acceptors (Lipinski definition) is 6. The summed E-state index contributed by atoms with van der Waals surface area (Å²) in [5, 5.41) is 9.16. The van der Waals surface area contributed by atoms with Gasteiger partial charge in [0.05, 0.1) is 17.6 Å². The SMILES string of the molecule is CCN1CCN(c2ncnc3c2cnn3C2CCNCC2)CC1. The number of piperazine rings is 1. The van der Waals surface area contributed by atoms with Crippen LogP contribution in [0.3, 0.4) is 0 Å². The first kappa shape index (κ1) is 14.8. The molecule has 0 radical (unpaired) electrons. The fraction of sp³-hybridized carbons (Fsp3) is 0.688. The van der Waals surface area contributed by atoms with E-state index in [1.807, 2.05) is 6.20 Å². The van der Waals surface area contributed by atoms with Crippen molar-refractivity contribution in [3.05, 3.63) is 12.5 Å². The first-order valence-corrected chi connectivity index (χ1v) is 8.73. The summed E-state index contributed by atoms with van der Waals surface area (Å²) in [7, 11) is 0. The van der Waals surface area contributed by atoms with Crippen LogP contribution in [0.2, 0.25) is 0 Å². The van der Waals surface area contributed by atoms with Gasteiger partial charge >= 0.3 is 0 Å². The number of aromatic nitrogens is 4. The molecule has 0 atom stereocenters. The molecule has 0 spiro atoms. The van der Waals surface area contributed by atoms with Crippen LogP contribution in [0.1, 0.15) is 25.8 Å². The van der Waals surface area contributed by atoms with Gasteiger partial charge in [-0.15, -0.1) is 0 Å². The molecule has 0 amide bonds. The number of likely N-dealkylation sites (N-methyl/N-ethyl adjacent to an activating group) is 1. The van der Waals surface area contributed by atoms with Crippen LogP contribution in [-0.4, -0.2) is 70.5 Å². The monoisotopic (exact) mass is 315 g/mol. The fourth-order valence-corrected chi connectivity index (χ4v) is 3.70. The molecule has 7 heteroatoms. The Morgan fingerprint density at radius 3 is 2.65 bits per heavy atom. The summed E-state index contributed by atoms with van der Waals surface area (Å²) >= 11 is 0. The highest BCUT2D eigenvalue weighted by Crippen LogP contribution is 2.27. The first-order valence-electron chi connectivity index (χ1n) is 8.73. The normalized spacial score (nSPS) is 21.2. The van der Waals surface area contributed by atoms with Gasteiger partial charge in [-0.2, -0.15) is 5.10 Å². The van der Waals surface area contributed by atoms with E-state index in [1.54, 1.807) is 6.33 Å². The van der Waals surface area contributed by atoms with Gasteiger partial charge in [0.1, 0.15) is 12.1 Å². The van der Waals surface area contributed by atoms with E-state index in [2.05, 4.69) is 41.8 Å². The number of hydrogen-bond donors (Lipinski definition) is 1. The Morgan fingerprint density at radius 1 is 1.13 bits per heavy atom. The Balaban J connectivity index is 1.62. The summed E-state index contributed by atoms with van der Waals surface area (Å²) in [4.78, 5) is 14.0. The van der Waals surface area contributed by atoms with E-state index >= 15 is 0 Å². The average Bonchev–Trinajstić information content (AvgIpc) is 3.07. The zero-order chi connectivity index (χ0) is 15.6. The largest absolute Gasteiger partial charge is 0.353 e. The Labute approximate surface area is 136 Å². The van der Waals surface area contributed by atoms with Crippen molar-refractivity contribution < 1.29 is 0 Å². The number of fused-ring (bicyclic) bond motifs is 1. The Bertz CT molecular complexity index is 653. The molecular formula is C16H25N7. The highest BCUT2D eigenvalue weighted by atomic mass is 15.3. The third-order valence-electron chi connectivity index (χ3n) is 5.14. The van der Waals surface area contributed by atoms with Crippen molar-refractivity contribution in [2.45, 2.75) is 25.8 Å². The van der Waals surface area contributed by atoms with Crippen LogP contribution < -0.4 is 10.2 Å². The van der Waals surface area contributed by atoms with Crippen LogP contribution in [0.5, 0.6) is 0 Å². The minimum atomic E-state index is 0.452. The summed E-state index contributed by atoms with van der Waals surface area (Å²) in [6, 6.07) is 0.452. The minimum absolute atomic E-state index is 0.452. The molecule has 0 aromatic carbocycles. The van der Waals surface area contributed by atoms with E-state index in [4.69, 9.17) is 0 Å². The zero-order valence-corrected chi connectivity index (χ0v) is 13.8. The van der Waals surface area contributed by atoms with Crippen LogP contribution in [-0.2, 0) is 0 Å². The molecule has 2 aliphatic rings. The van der Waals surface area contributed by atoms with Crippen molar-refractivity contribution in [3.8, 4) is 0 Å². The molecule has 2 fully saturated rings. The van der Waals surface area contributed by atoms with Gasteiger partial charge in [-0.25, -0.2) is 14.6 Å². The second-order valence-corrected chi connectivity index (χ2v) is 6.43. The standard InChI is InChI=1S/C16H25N7/c1-2-21-7-9-22(10-8-21)15-14-11-20-23(16(14)19-12-18-15)13-3-5-17-6-4-13/h11-13,17H,2-10H2,1H3. The van der Waals surface area contributed by atoms with Crippen molar-refractivity contribution in [2.24, 2.45) is 0 Å². The van der Waals surface area contributed by atoms with E-state index in [0.717, 1.165) is 75.5 Å². The van der Waals surface area contributed by atoms with E-state index < -0.39 is 0 Å². The average molecular weight is 315 g/mol. The first-order chi connectivity index (χ1) is 11.4. The van der Waals surface area contributed by atoms with Crippen molar-refractivity contribution in [2.75, 3.05) is 50.7 Å². The van der Waals surface area contributed by atoms with Crippen molar-refractivity contribution in [1.29, 1.82) is 0 Å². The Hall–Kier alpha value is -1.73. The molecule has 0 aliphatic carbocycles. The zero-order valence-electron chi connectivity index (χ0n) is 13.8. The molecule has 4 rings (SSSR count). The molecule has 2 saturated heterocycles.